The van der Waals surface area contributed by atoms with Crippen molar-refractivity contribution in [1.82, 2.24) is 0 Å². The Bertz CT molecular complexity index is 1450. The molecule has 2 atom stereocenters. The smallest absolute Gasteiger partial charge is 0.256 e. The standard InChI is InChI=1S/C27H24ClF2NO4S/c1-27(33)16-9-17(27)11-19(10-16)36(34,35)25-14-21(20(13-22(25)28)15-5-3-2-4-6-15)26(32)31-18-7-8-23(29)24(30)12-18/h2-8,12-14,16-17,19,33H,9-11H2,1H3,(H,31,32)/t16?,17?,19-,27-. The first-order valence-corrected chi connectivity index (χ1v) is 13.5. The van der Waals surface area contributed by atoms with Gasteiger partial charge in [0.2, 0.25) is 0 Å². The molecule has 0 radical (unpaired) electrons. The maximum atomic E-state index is 13.7. The molecule has 36 heavy (non-hydrogen) atoms. The lowest BCUT2D eigenvalue weighted by atomic mass is 9.54. The number of carbonyl (C=O) groups excluding carboxylic acids is 1. The number of carbonyl (C=O) groups is 1. The summed E-state index contributed by atoms with van der Waals surface area (Å²) in [6.07, 6.45) is 1.43. The minimum atomic E-state index is -3.92. The zero-order chi connectivity index (χ0) is 25.8. The Morgan fingerprint density at radius 2 is 1.67 bits per heavy atom. The molecule has 188 valence electrons. The first-order chi connectivity index (χ1) is 17.0. The SMILES string of the molecule is C[C@]1(O)C2CC1C[C@@H](S(=O)(=O)c1cc(C(=O)Nc3ccc(F)c(F)c3)c(-c3ccccc3)cc1Cl)C2. The number of hydrogen-bond acceptors (Lipinski definition) is 4. The maximum Gasteiger partial charge on any atom is 0.256 e. The van der Waals surface area contributed by atoms with Gasteiger partial charge in [0.1, 0.15) is 0 Å². The van der Waals surface area contributed by atoms with Crippen LogP contribution in [0.15, 0.2) is 65.6 Å². The van der Waals surface area contributed by atoms with Crippen LogP contribution in [-0.2, 0) is 9.84 Å². The van der Waals surface area contributed by atoms with Crippen LogP contribution in [0.1, 0.15) is 36.5 Å². The highest BCUT2D eigenvalue weighted by molar-refractivity contribution is 7.92. The Morgan fingerprint density at radius 1 is 1.00 bits per heavy atom. The number of rotatable bonds is 5. The lowest BCUT2D eigenvalue weighted by Gasteiger charge is -2.56. The molecule has 6 rings (SSSR count). The van der Waals surface area contributed by atoms with E-state index in [1.54, 1.807) is 37.3 Å². The van der Waals surface area contributed by atoms with Gasteiger partial charge in [0, 0.05) is 17.3 Å². The van der Waals surface area contributed by atoms with E-state index in [2.05, 4.69) is 5.32 Å². The second kappa shape index (κ2) is 8.94. The fourth-order valence-electron chi connectivity index (χ4n) is 5.42. The predicted octanol–water partition coefficient (Wildman–Crippen LogP) is 5.86. The van der Waals surface area contributed by atoms with Crippen molar-refractivity contribution in [3.8, 4) is 11.1 Å². The van der Waals surface area contributed by atoms with Crippen molar-refractivity contribution >= 4 is 33.0 Å². The van der Waals surface area contributed by atoms with Crippen LogP contribution >= 0.6 is 11.6 Å². The van der Waals surface area contributed by atoms with Crippen LogP contribution in [0, 0.1) is 23.5 Å². The van der Waals surface area contributed by atoms with E-state index in [-0.39, 0.29) is 33.0 Å². The molecule has 3 fully saturated rings. The van der Waals surface area contributed by atoms with Gasteiger partial charge < -0.3 is 10.4 Å². The largest absolute Gasteiger partial charge is 0.390 e. The third-order valence-corrected chi connectivity index (χ3v) is 10.3. The van der Waals surface area contributed by atoms with Gasteiger partial charge in [-0.1, -0.05) is 41.9 Å². The van der Waals surface area contributed by atoms with E-state index in [9.17, 15) is 27.1 Å². The molecule has 5 nitrogen and oxygen atoms in total. The summed E-state index contributed by atoms with van der Waals surface area (Å²) in [6.45, 7) is 1.75. The summed E-state index contributed by atoms with van der Waals surface area (Å²) < 4.78 is 54.4. The second-order valence-electron chi connectivity index (χ2n) is 9.77. The van der Waals surface area contributed by atoms with Crippen molar-refractivity contribution in [2.24, 2.45) is 11.8 Å². The van der Waals surface area contributed by atoms with E-state index in [1.807, 2.05) is 0 Å². The Balaban J connectivity index is 1.56. The van der Waals surface area contributed by atoms with Gasteiger partial charge >= 0.3 is 0 Å². The Kier molecular flexibility index (Phi) is 6.17. The van der Waals surface area contributed by atoms with E-state index >= 15 is 0 Å². The van der Waals surface area contributed by atoms with Gasteiger partial charge in [-0.15, -0.1) is 0 Å². The third-order valence-electron chi connectivity index (χ3n) is 7.64. The zero-order valence-electron chi connectivity index (χ0n) is 19.3. The summed E-state index contributed by atoms with van der Waals surface area (Å²) in [7, 11) is -3.92. The first-order valence-electron chi connectivity index (χ1n) is 11.6. The topological polar surface area (TPSA) is 83.5 Å². The van der Waals surface area contributed by atoms with Gasteiger partial charge in [-0.25, -0.2) is 17.2 Å². The van der Waals surface area contributed by atoms with Crippen molar-refractivity contribution in [3.05, 3.63) is 82.9 Å². The quantitative estimate of drug-likeness (QED) is 0.432. The lowest BCUT2D eigenvalue weighted by molar-refractivity contribution is -0.162. The molecule has 1 amide bonds. The molecular formula is C27H24ClF2NO4S. The summed E-state index contributed by atoms with van der Waals surface area (Å²) >= 11 is 6.51. The van der Waals surface area contributed by atoms with Crippen LogP contribution in [-0.4, -0.2) is 30.3 Å². The second-order valence-corrected chi connectivity index (χ2v) is 12.4. The lowest BCUT2D eigenvalue weighted by Crippen LogP contribution is -2.60. The molecular weight excluding hydrogens is 508 g/mol. The Hall–Kier alpha value is -2.81. The normalized spacial score (nSPS) is 25.2. The highest BCUT2D eigenvalue weighted by Crippen LogP contribution is 2.55. The maximum absolute atomic E-state index is 13.7. The zero-order valence-corrected chi connectivity index (χ0v) is 20.9. The van der Waals surface area contributed by atoms with Crippen molar-refractivity contribution in [3.63, 3.8) is 0 Å². The number of benzene rings is 3. The summed E-state index contributed by atoms with van der Waals surface area (Å²) in [6, 6.07) is 14.5. The third kappa shape index (κ3) is 4.21. The molecule has 2 unspecified atom stereocenters. The molecule has 3 aromatic carbocycles. The van der Waals surface area contributed by atoms with Crippen LogP contribution in [0.5, 0.6) is 0 Å². The van der Waals surface area contributed by atoms with Gasteiger partial charge in [-0.3, -0.25) is 4.79 Å². The average Bonchev–Trinajstić information content (AvgIpc) is 2.86. The first kappa shape index (κ1) is 24.9. The summed E-state index contributed by atoms with van der Waals surface area (Å²) in [5.41, 5.74) is 0.221. The van der Waals surface area contributed by atoms with Crippen molar-refractivity contribution in [2.75, 3.05) is 5.32 Å². The number of hydrogen-bond donors (Lipinski definition) is 2. The predicted molar refractivity (Wildman–Crippen MR) is 134 cm³/mol. The van der Waals surface area contributed by atoms with Crippen LogP contribution in [0.3, 0.4) is 0 Å². The van der Waals surface area contributed by atoms with Crippen LogP contribution in [0.25, 0.3) is 11.1 Å². The van der Waals surface area contributed by atoms with E-state index in [0.29, 0.717) is 24.0 Å². The molecule has 0 heterocycles. The fourth-order valence-corrected chi connectivity index (χ4v) is 7.84. The number of amides is 1. The molecule has 3 saturated carbocycles. The number of sulfone groups is 1. The Morgan fingerprint density at radius 3 is 2.28 bits per heavy atom. The van der Waals surface area contributed by atoms with E-state index in [1.165, 1.54) is 18.2 Å². The van der Waals surface area contributed by atoms with Gasteiger partial charge in [-0.2, -0.15) is 0 Å². The molecule has 0 aromatic heterocycles. The number of fused-ring (bicyclic) bond motifs is 2. The summed E-state index contributed by atoms with van der Waals surface area (Å²) in [4.78, 5) is 13.2. The van der Waals surface area contributed by atoms with Crippen LogP contribution in [0.4, 0.5) is 14.5 Å². The minimum Gasteiger partial charge on any atom is -0.390 e. The Labute approximate surface area is 213 Å². The van der Waals surface area contributed by atoms with Gasteiger partial charge in [0.05, 0.1) is 20.8 Å². The molecule has 0 aliphatic heterocycles. The van der Waals surface area contributed by atoms with Gasteiger partial charge in [-0.05, 0) is 73.4 Å². The van der Waals surface area contributed by atoms with Gasteiger partial charge in [0.15, 0.2) is 21.5 Å². The van der Waals surface area contributed by atoms with E-state index in [4.69, 9.17) is 11.6 Å². The summed E-state index contributed by atoms with van der Waals surface area (Å²) in [5.74, 6) is -3.07. The van der Waals surface area contributed by atoms with Gasteiger partial charge in [0.25, 0.3) is 5.91 Å². The molecule has 2 bridgehead atoms. The number of halogens is 3. The average molecular weight is 532 g/mol. The van der Waals surface area contributed by atoms with Crippen molar-refractivity contribution in [2.45, 2.75) is 41.9 Å². The summed E-state index contributed by atoms with van der Waals surface area (Å²) in [5, 5.41) is 12.3. The van der Waals surface area contributed by atoms with E-state index < -0.39 is 38.2 Å². The highest BCUT2D eigenvalue weighted by Gasteiger charge is 2.57. The number of anilines is 1. The molecule has 3 aliphatic rings. The fraction of sp³-hybridized carbons (Fsp3) is 0.296. The van der Waals surface area contributed by atoms with E-state index in [0.717, 1.165) is 18.6 Å². The van der Waals surface area contributed by atoms with Crippen molar-refractivity contribution < 1.29 is 27.1 Å². The molecule has 0 saturated heterocycles. The molecule has 2 N–H and O–H groups in total. The molecule has 0 spiro atoms. The molecule has 3 aliphatic carbocycles. The minimum absolute atomic E-state index is 0.00997. The monoisotopic (exact) mass is 531 g/mol. The number of aliphatic hydroxyl groups is 1. The number of nitrogens with one attached hydrogen (secondary N) is 1. The van der Waals surface area contributed by atoms with Crippen LogP contribution in [0.2, 0.25) is 5.02 Å². The molecule has 9 heteroatoms. The highest BCUT2D eigenvalue weighted by atomic mass is 35.5. The van der Waals surface area contributed by atoms with Crippen molar-refractivity contribution in [1.29, 1.82) is 0 Å². The van der Waals surface area contributed by atoms with Crippen LogP contribution < -0.4 is 5.32 Å². The molecule has 3 aromatic rings.